The van der Waals surface area contributed by atoms with E-state index in [-0.39, 0.29) is 0 Å². The maximum Gasteiger partial charge on any atom is 0.191 e. The van der Waals surface area contributed by atoms with E-state index in [9.17, 15) is 0 Å². The molecule has 2 fully saturated rings. The number of piperidine rings is 1. The van der Waals surface area contributed by atoms with Crippen LogP contribution in [0.25, 0.3) is 0 Å². The Bertz CT molecular complexity index is 836. The molecule has 2 aliphatic rings. The quantitative estimate of drug-likeness (QED) is 0.530. The number of hydrogen-bond acceptors (Lipinski definition) is 6. The Kier molecular flexibility index (Phi) is 7.77. The SMILES string of the molecule is CN=C(NCc1cccnc1N1CCOCC1)NCC1CCCN(C)C1c1cccs1. The number of morpholine rings is 1. The number of pyridine rings is 1. The summed E-state index contributed by atoms with van der Waals surface area (Å²) in [6, 6.07) is 9.05. The minimum Gasteiger partial charge on any atom is -0.378 e. The monoisotopic (exact) mass is 442 g/mol. The van der Waals surface area contributed by atoms with E-state index in [1.54, 1.807) is 0 Å². The van der Waals surface area contributed by atoms with Crippen molar-refractivity contribution >= 4 is 23.1 Å². The summed E-state index contributed by atoms with van der Waals surface area (Å²) < 4.78 is 5.49. The van der Waals surface area contributed by atoms with Gasteiger partial charge in [0.1, 0.15) is 5.82 Å². The molecule has 168 valence electrons. The Balaban J connectivity index is 1.35. The number of aliphatic imine (C=N–C) groups is 1. The van der Waals surface area contributed by atoms with Crippen LogP contribution in [0.4, 0.5) is 5.82 Å². The van der Waals surface area contributed by atoms with Crippen LogP contribution in [0.2, 0.25) is 0 Å². The van der Waals surface area contributed by atoms with Crippen molar-refractivity contribution < 1.29 is 4.74 Å². The lowest BCUT2D eigenvalue weighted by Gasteiger charge is -2.39. The van der Waals surface area contributed by atoms with Crippen LogP contribution in [-0.4, -0.2) is 69.3 Å². The zero-order valence-electron chi connectivity index (χ0n) is 18.6. The number of guanidine groups is 1. The molecule has 0 aromatic carbocycles. The summed E-state index contributed by atoms with van der Waals surface area (Å²) in [5, 5.41) is 9.26. The molecule has 2 aromatic heterocycles. The van der Waals surface area contributed by atoms with Gasteiger partial charge in [0.25, 0.3) is 0 Å². The Hall–Kier alpha value is -2.16. The molecule has 0 amide bonds. The average Bonchev–Trinajstić information content (AvgIpc) is 3.34. The van der Waals surface area contributed by atoms with E-state index < -0.39 is 0 Å². The van der Waals surface area contributed by atoms with Crippen molar-refractivity contribution in [2.75, 3.05) is 58.4 Å². The number of anilines is 1. The Labute approximate surface area is 189 Å². The molecule has 0 saturated carbocycles. The zero-order valence-corrected chi connectivity index (χ0v) is 19.4. The summed E-state index contributed by atoms with van der Waals surface area (Å²) in [4.78, 5) is 15.4. The number of hydrogen-bond donors (Lipinski definition) is 2. The third-order valence-electron chi connectivity index (χ3n) is 6.22. The molecule has 0 spiro atoms. The van der Waals surface area contributed by atoms with Gasteiger partial charge in [0.05, 0.1) is 13.2 Å². The summed E-state index contributed by atoms with van der Waals surface area (Å²) in [7, 11) is 4.09. The first-order chi connectivity index (χ1) is 15.3. The molecule has 4 rings (SSSR count). The van der Waals surface area contributed by atoms with Gasteiger partial charge in [-0.3, -0.25) is 9.89 Å². The number of thiophene rings is 1. The van der Waals surface area contributed by atoms with Crippen LogP contribution in [0, 0.1) is 5.92 Å². The molecule has 2 unspecified atom stereocenters. The van der Waals surface area contributed by atoms with Crippen LogP contribution in [-0.2, 0) is 11.3 Å². The highest BCUT2D eigenvalue weighted by Crippen LogP contribution is 2.36. The van der Waals surface area contributed by atoms with Crippen molar-refractivity contribution in [3.05, 3.63) is 46.3 Å². The van der Waals surface area contributed by atoms with Crippen LogP contribution < -0.4 is 15.5 Å². The highest BCUT2D eigenvalue weighted by molar-refractivity contribution is 7.10. The minimum atomic E-state index is 0.477. The Morgan fingerprint density at radius 1 is 1.23 bits per heavy atom. The fourth-order valence-electron chi connectivity index (χ4n) is 4.64. The molecule has 7 nitrogen and oxygen atoms in total. The van der Waals surface area contributed by atoms with Crippen LogP contribution in [0.1, 0.15) is 29.3 Å². The van der Waals surface area contributed by atoms with Crippen molar-refractivity contribution in [2.45, 2.75) is 25.4 Å². The van der Waals surface area contributed by atoms with Gasteiger partial charge in [0.15, 0.2) is 5.96 Å². The highest BCUT2D eigenvalue weighted by atomic mass is 32.1. The van der Waals surface area contributed by atoms with Crippen molar-refractivity contribution in [1.29, 1.82) is 0 Å². The number of aromatic nitrogens is 1. The molecular formula is C23H34N6OS. The van der Waals surface area contributed by atoms with E-state index >= 15 is 0 Å². The number of nitrogens with zero attached hydrogens (tertiary/aromatic N) is 4. The summed E-state index contributed by atoms with van der Waals surface area (Å²) in [6.45, 7) is 6.06. The molecular weight excluding hydrogens is 408 g/mol. The summed E-state index contributed by atoms with van der Waals surface area (Å²) in [6.07, 6.45) is 4.35. The minimum absolute atomic E-state index is 0.477. The van der Waals surface area contributed by atoms with E-state index in [0.717, 1.165) is 51.2 Å². The summed E-state index contributed by atoms with van der Waals surface area (Å²) in [5.41, 5.74) is 1.18. The number of nitrogens with one attached hydrogen (secondary N) is 2. The third kappa shape index (κ3) is 5.56. The van der Waals surface area contributed by atoms with E-state index in [4.69, 9.17) is 4.74 Å². The number of rotatable bonds is 6. The van der Waals surface area contributed by atoms with Gasteiger partial charge in [-0.05, 0) is 49.9 Å². The fraction of sp³-hybridized carbons (Fsp3) is 0.565. The molecule has 31 heavy (non-hydrogen) atoms. The molecule has 8 heteroatoms. The first-order valence-electron chi connectivity index (χ1n) is 11.2. The van der Waals surface area contributed by atoms with Gasteiger partial charge < -0.3 is 20.3 Å². The Morgan fingerprint density at radius 2 is 2.10 bits per heavy atom. The predicted octanol–water partition coefficient (Wildman–Crippen LogP) is 2.73. The molecule has 2 atom stereocenters. The lowest BCUT2D eigenvalue weighted by molar-refractivity contribution is 0.122. The Morgan fingerprint density at radius 3 is 2.87 bits per heavy atom. The maximum absolute atomic E-state index is 5.49. The van der Waals surface area contributed by atoms with E-state index in [1.807, 2.05) is 30.6 Å². The lowest BCUT2D eigenvalue weighted by Crippen LogP contribution is -2.45. The second-order valence-corrected chi connectivity index (χ2v) is 9.21. The van der Waals surface area contributed by atoms with Crippen LogP contribution in [0.15, 0.2) is 40.8 Å². The van der Waals surface area contributed by atoms with Crippen molar-refractivity contribution in [3.63, 3.8) is 0 Å². The van der Waals surface area contributed by atoms with E-state index in [1.165, 1.54) is 23.3 Å². The first-order valence-corrected chi connectivity index (χ1v) is 12.1. The van der Waals surface area contributed by atoms with Gasteiger partial charge in [0, 0.05) is 55.9 Å². The number of ether oxygens (including phenoxy) is 1. The second-order valence-electron chi connectivity index (χ2n) is 8.24. The maximum atomic E-state index is 5.49. The van der Waals surface area contributed by atoms with Gasteiger partial charge in [-0.2, -0.15) is 0 Å². The van der Waals surface area contributed by atoms with E-state index in [0.29, 0.717) is 18.5 Å². The van der Waals surface area contributed by atoms with Gasteiger partial charge in [-0.15, -0.1) is 11.3 Å². The highest BCUT2D eigenvalue weighted by Gasteiger charge is 2.31. The molecule has 2 aliphatic heterocycles. The standard InChI is InChI=1S/C23H34N6OS/c1-24-23(26-16-18-7-4-10-28(2)21(18)20-8-5-15-31-20)27-17-19-6-3-9-25-22(19)29-11-13-30-14-12-29/h3,5-6,8-9,15,18,21H,4,7,10-14,16-17H2,1-2H3,(H2,24,26,27). The molecule has 4 heterocycles. The molecule has 2 N–H and O–H groups in total. The topological polar surface area (TPSA) is 65.0 Å². The number of likely N-dealkylation sites (tertiary alicyclic amines) is 1. The predicted molar refractivity (Wildman–Crippen MR) is 128 cm³/mol. The zero-order chi connectivity index (χ0) is 21.5. The van der Waals surface area contributed by atoms with Crippen molar-refractivity contribution in [2.24, 2.45) is 10.9 Å². The van der Waals surface area contributed by atoms with E-state index in [2.05, 4.69) is 61.0 Å². The van der Waals surface area contributed by atoms with Crippen LogP contribution in [0.3, 0.4) is 0 Å². The molecule has 2 aromatic rings. The van der Waals surface area contributed by atoms with Crippen molar-refractivity contribution in [1.82, 2.24) is 20.5 Å². The normalized spacial score (nSPS) is 23.0. The van der Waals surface area contributed by atoms with Gasteiger partial charge in [-0.25, -0.2) is 4.98 Å². The van der Waals surface area contributed by atoms with Crippen LogP contribution >= 0.6 is 11.3 Å². The summed E-state index contributed by atoms with van der Waals surface area (Å²) >= 11 is 1.86. The van der Waals surface area contributed by atoms with Crippen LogP contribution in [0.5, 0.6) is 0 Å². The lowest BCUT2D eigenvalue weighted by atomic mass is 9.88. The molecule has 2 saturated heterocycles. The second kappa shape index (κ2) is 10.9. The van der Waals surface area contributed by atoms with Gasteiger partial charge in [0.2, 0.25) is 0 Å². The first kappa shape index (κ1) is 22.0. The molecule has 0 radical (unpaired) electrons. The summed E-state index contributed by atoms with van der Waals surface area (Å²) in [5.74, 6) is 2.45. The molecule has 0 aliphatic carbocycles. The smallest absolute Gasteiger partial charge is 0.191 e. The van der Waals surface area contributed by atoms with Gasteiger partial charge in [-0.1, -0.05) is 12.1 Å². The average molecular weight is 443 g/mol. The fourth-order valence-corrected chi connectivity index (χ4v) is 5.62. The largest absolute Gasteiger partial charge is 0.378 e. The van der Waals surface area contributed by atoms with Gasteiger partial charge >= 0.3 is 0 Å². The van der Waals surface area contributed by atoms with Crippen molar-refractivity contribution in [3.8, 4) is 0 Å². The third-order valence-corrected chi connectivity index (χ3v) is 7.16. The molecule has 0 bridgehead atoms.